The maximum absolute atomic E-state index is 13.5. The second-order valence-electron chi connectivity index (χ2n) is 5.22. The fourth-order valence-corrected chi connectivity index (χ4v) is 2.30. The number of hydrogen-bond acceptors (Lipinski definition) is 3. The molecule has 1 atom stereocenters. The van der Waals surface area contributed by atoms with Crippen LogP contribution in [0.4, 0.5) is 27.6 Å². The predicted octanol–water partition coefficient (Wildman–Crippen LogP) is 2.04. The van der Waals surface area contributed by atoms with Gasteiger partial charge in [0, 0.05) is 32.2 Å². The van der Waals surface area contributed by atoms with Crippen LogP contribution in [0.15, 0.2) is 0 Å². The highest BCUT2D eigenvalue weighted by molar-refractivity contribution is 5.47. The van der Waals surface area contributed by atoms with Gasteiger partial charge >= 0.3 is 0 Å². The maximum atomic E-state index is 13.5. The molecule has 1 saturated heterocycles. The van der Waals surface area contributed by atoms with E-state index in [9.17, 15) is 22.0 Å². The summed E-state index contributed by atoms with van der Waals surface area (Å²) in [5.74, 6) is -9.70. The topological polar surface area (TPSA) is 18.5 Å². The van der Waals surface area contributed by atoms with Gasteiger partial charge in [-0.2, -0.15) is 0 Å². The van der Waals surface area contributed by atoms with Crippen molar-refractivity contribution in [2.24, 2.45) is 0 Å². The van der Waals surface area contributed by atoms with E-state index < -0.39 is 34.8 Å². The molecule has 1 fully saturated rings. The van der Waals surface area contributed by atoms with Gasteiger partial charge in [-0.3, -0.25) is 4.90 Å². The van der Waals surface area contributed by atoms with Crippen LogP contribution in [0.3, 0.4) is 0 Å². The zero-order valence-corrected chi connectivity index (χ0v) is 11.7. The van der Waals surface area contributed by atoms with Crippen LogP contribution in [0, 0.1) is 29.1 Å². The number of benzene rings is 1. The van der Waals surface area contributed by atoms with Gasteiger partial charge in [-0.15, -0.1) is 0 Å². The van der Waals surface area contributed by atoms with E-state index in [1.54, 1.807) is 0 Å². The lowest BCUT2D eigenvalue weighted by Gasteiger charge is -2.37. The van der Waals surface area contributed by atoms with Crippen molar-refractivity contribution in [3.63, 3.8) is 0 Å². The molecular weight excluding hydrogens is 293 g/mol. The molecule has 1 N–H and O–H groups in total. The summed E-state index contributed by atoms with van der Waals surface area (Å²) in [6, 6.07) is -0.0845. The SMILES string of the molecule is CN1CCN(C)C(CNc2c(F)c(F)c(F)c(F)c2F)C1. The number of rotatable bonds is 3. The molecule has 1 aromatic carbocycles. The van der Waals surface area contributed by atoms with E-state index >= 15 is 0 Å². The van der Waals surface area contributed by atoms with Crippen LogP contribution in [-0.2, 0) is 0 Å². The number of halogens is 5. The van der Waals surface area contributed by atoms with Crippen LogP contribution < -0.4 is 5.32 Å². The number of nitrogens with one attached hydrogen (secondary N) is 1. The van der Waals surface area contributed by atoms with Crippen molar-refractivity contribution in [3.8, 4) is 0 Å². The Balaban J connectivity index is 2.17. The molecule has 0 bridgehead atoms. The fraction of sp³-hybridized carbons (Fsp3) is 0.538. The molecule has 0 aliphatic carbocycles. The number of hydrogen-bond donors (Lipinski definition) is 1. The maximum Gasteiger partial charge on any atom is 0.200 e. The summed E-state index contributed by atoms with van der Waals surface area (Å²) in [6.45, 7) is 2.34. The van der Waals surface area contributed by atoms with Crippen LogP contribution >= 0.6 is 0 Å². The Morgan fingerprint density at radius 2 is 1.43 bits per heavy atom. The van der Waals surface area contributed by atoms with E-state index in [0.29, 0.717) is 6.54 Å². The molecule has 1 aliphatic rings. The zero-order valence-electron chi connectivity index (χ0n) is 11.7. The normalized spacial score (nSPS) is 20.8. The third kappa shape index (κ3) is 3.11. The van der Waals surface area contributed by atoms with E-state index in [0.717, 1.165) is 13.1 Å². The van der Waals surface area contributed by atoms with Gasteiger partial charge in [-0.05, 0) is 14.1 Å². The molecule has 21 heavy (non-hydrogen) atoms. The third-order valence-corrected chi connectivity index (χ3v) is 3.70. The molecule has 1 unspecified atom stereocenters. The monoisotopic (exact) mass is 309 g/mol. The summed E-state index contributed by atoms with van der Waals surface area (Å²) in [4.78, 5) is 4.00. The summed E-state index contributed by atoms with van der Waals surface area (Å²) in [5, 5.41) is 2.35. The summed E-state index contributed by atoms with van der Waals surface area (Å²) < 4.78 is 66.2. The van der Waals surface area contributed by atoms with Gasteiger partial charge in [-0.25, -0.2) is 22.0 Å². The zero-order chi connectivity index (χ0) is 15.7. The smallest absolute Gasteiger partial charge is 0.200 e. The molecule has 118 valence electrons. The standard InChI is InChI=1S/C13H16F5N3/c1-20-3-4-21(2)7(6-20)5-19-13-11(17)9(15)8(14)10(16)12(13)18/h7,19H,3-6H2,1-2H3. The highest BCUT2D eigenvalue weighted by Crippen LogP contribution is 2.27. The number of likely N-dealkylation sites (N-methyl/N-ethyl adjacent to an activating group) is 2. The van der Waals surface area contributed by atoms with Crippen molar-refractivity contribution >= 4 is 5.69 Å². The van der Waals surface area contributed by atoms with Crippen LogP contribution in [0.25, 0.3) is 0 Å². The first-order valence-corrected chi connectivity index (χ1v) is 6.47. The summed E-state index contributed by atoms with van der Waals surface area (Å²) in [5.41, 5.74) is -0.979. The third-order valence-electron chi connectivity index (χ3n) is 3.70. The van der Waals surface area contributed by atoms with Crippen molar-refractivity contribution in [2.45, 2.75) is 6.04 Å². The minimum absolute atomic E-state index is 0.0825. The van der Waals surface area contributed by atoms with E-state index in [2.05, 4.69) is 5.32 Å². The van der Waals surface area contributed by atoms with Gasteiger partial charge in [0.1, 0.15) is 5.69 Å². The highest BCUT2D eigenvalue weighted by atomic mass is 19.2. The molecule has 0 aromatic heterocycles. The average Bonchev–Trinajstić information content (AvgIpc) is 2.46. The molecule has 3 nitrogen and oxygen atoms in total. The quantitative estimate of drug-likeness (QED) is 0.524. The summed E-state index contributed by atoms with van der Waals surface area (Å²) in [7, 11) is 3.75. The van der Waals surface area contributed by atoms with Crippen LogP contribution in [0.5, 0.6) is 0 Å². The molecule has 8 heteroatoms. The van der Waals surface area contributed by atoms with Crippen LogP contribution in [0.1, 0.15) is 0 Å². The molecule has 1 aliphatic heterocycles. The lowest BCUT2D eigenvalue weighted by molar-refractivity contribution is 0.121. The minimum atomic E-state index is -2.15. The van der Waals surface area contributed by atoms with Crippen LogP contribution in [-0.4, -0.2) is 56.1 Å². The molecule has 1 heterocycles. The van der Waals surface area contributed by atoms with Gasteiger partial charge in [-0.1, -0.05) is 0 Å². The number of anilines is 1. The Bertz CT molecular complexity index is 508. The summed E-state index contributed by atoms with van der Waals surface area (Å²) >= 11 is 0. The molecule has 0 saturated carbocycles. The fourth-order valence-electron chi connectivity index (χ4n) is 2.30. The predicted molar refractivity (Wildman–Crippen MR) is 68.6 cm³/mol. The molecule has 0 radical (unpaired) electrons. The lowest BCUT2D eigenvalue weighted by Crippen LogP contribution is -2.52. The Morgan fingerprint density at radius 1 is 0.905 bits per heavy atom. The molecular formula is C13H16F5N3. The number of piperazine rings is 1. The second-order valence-corrected chi connectivity index (χ2v) is 5.22. The first-order chi connectivity index (χ1) is 9.82. The minimum Gasteiger partial charge on any atom is -0.378 e. The second kappa shape index (κ2) is 6.15. The van der Waals surface area contributed by atoms with Gasteiger partial charge < -0.3 is 10.2 Å². The van der Waals surface area contributed by atoms with Crippen molar-refractivity contribution in [2.75, 3.05) is 45.6 Å². The Kier molecular flexibility index (Phi) is 4.67. The molecule has 2 rings (SSSR count). The van der Waals surface area contributed by atoms with Crippen molar-refractivity contribution < 1.29 is 22.0 Å². The van der Waals surface area contributed by atoms with Crippen molar-refractivity contribution in [1.82, 2.24) is 9.80 Å². The van der Waals surface area contributed by atoms with Gasteiger partial charge in [0.05, 0.1) is 0 Å². The lowest BCUT2D eigenvalue weighted by atomic mass is 10.1. The van der Waals surface area contributed by atoms with E-state index in [1.165, 1.54) is 0 Å². The van der Waals surface area contributed by atoms with E-state index in [-0.39, 0.29) is 12.6 Å². The average molecular weight is 309 g/mol. The Morgan fingerprint density at radius 3 is 2.00 bits per heavy atom. The van der Waals surface area contributed by atoms with E-state index in [1.807, 2.05) is 23.9 Å². The van der Waals surface area contributed by atoms with Crippen LogP contribution in [0.2, 0.25) is 0 Å². The Hall–Kier alpha value is -1.41. The first-order valence-electron chi connectivity index (χ1n) is 6.47. The van der Waals surface area contributed by atoms with Gasteiger partial charge in [0.15, 0.2) is 23.3 Å². The summed E-state index contributed by atoms with van der Waals surface area (Å²) in [6.07, 6.45) is 0. The van der Waals surface area contributed by atoms with Gasteiger partial charge in [0.2, 0.25) is 5.82 Å². The Labute approximate surface area is 119 Å². The largest absolute Gasteiger partial charge is 0.378 e. The number of nitrogens with zero attached hydrogens (tertiary/aromatic N) is 2. The molecule has 0 spiro atoms. The van der Waals surface area contributed by atoms with Crippen molar-refractivity contribution in [3.05, 3.63) is 29.1 Å². The van der Waals surface area contributed by atoms with Gasteiger partial charge in [0.25, 0.3) is 0 Å². The van der Waals surface area contributed by atoms with Crippen molar-refractivity contribution in [1.29, 1.82) is 0 Å². The first kappa shape index (κ1) is 16.0. The highest BCUT2D eigenvalue weighted by Gasteiger charge is 2.27. The molecule has 1 aromatic rings. The van der Waals surface area contributed by atoms with E-state index in [4.69, 9.17) is 0 Å². The molecule has 0 amide bonds.